The molecule has 2 heterocycles. The van der Waals surface area contributed by atoms with Gasteiger partial charge in [-0.15, -0.1) is 11.3 Å². The SMILES string of the molecule is COc1c(C)cnc(CC(N)Cc2nc(C)cs2)c1C. The number of thiazole rings is 1. The van der Waals surface area contributed by atoms with Crippen molar-refractivity contribution in [2.75, 3.05) is 7.11 Å². The second-order valence-corrected chi connectivity index (χ2v) is 6.04. The van der Waals surface area contributed by atoms with Crippen molar-refractivity contribution in [2.45, 2.75) is 39.7 Å². The van der Waals surface area contributed by atoms with E-state index < -0.39 is 0 Å². The molecule has 0 saturated carbocycles. The lowest BCUT2D eigenvalue weighted by atomic mass is 10.0. The van der Waals surface area contributed by atoms with E-state index in [-0.39, 0.29) is 6.04 Å². The van der Waals surface area contributed by atoms with E-state index in [9.17, 15) is 0 Å². The quantitative estimate of drug-likeness (QED) is 0.920. The van der Waals surface area contributed by atoms with Gasteiger partial charge in [-0.3, -0.25) is 4.98 Å². The number of ether oxygens (including phenoxy) is 1. The Bertz CT molecular complexity index is 595. The van der Waals surface area contributed by atoms with Crippen molar-refractivity contribution in [3.63, 3.8) is 0 Å². The maximum Gasteiger partial charge on any atom is 0.128 e. The summed E-state index contributed by atoms with van der Waals surface area (Å²) in [7, 11) is 1.69. The first kappa shape index (κ1) is 14.9. The van der Waals surface area contributed by atoms with E-state index in [2.05, 4.69) is 15.3 Å². The summed E-state index contributed by atoms with van der Waals surface area (Å²) in [4.78, 5) is 8.95. The molecule has 0 bridgehead atoms. The van der Waals surface area contributed by atoms with Crippen LogP contribution in [0.1, 0.15) is 27.5 Å². The zero-order valence-corrected chi connectivity index (χ0v) is 13.3. The van der Waals surface area contributed by atoms with Gasteiger partial charge in [0, 0.05) is 53.0 Å². The van der Waals surface area contributed by atoms with Gasteiger partial charge in [0.15, 0.2) is 0 Å². The first-order chi connectivity index (χ1) is 9.51. The van der Waals surface area contributed by atoms with Gasteiger partial charge in [-0.1, -0.05) is 0 Å². The maximum atomic E-state index is 6.23. The molecule has 1 atom stereocenters. The van der Waals surface area contributed by atoms with Gasteiger partial charge in [0.1, 0.15) is 5.75 Å². The molecule has 2 N–H and O–H groups in total. The number of aryl methyl sites for hydroxylation is 2. The fourth-order valence-electron chi connectivity index (χ4n) is 2.32. The zero-order chi connectivity index (χ0) is 14.7. The molecule has 0 aliphatic carbocycles. The minimum atomic E-state index is 0.0270. The normalized spacial score (nSPS) is 12.4. The average molecular weight is 291 g/mol. The third-order valence-electron chi connectivity index (χ3n) is 3.31. The fourth-order valence-corrected chi connectivity index (χ4v) is 3.18. The lowest BCUT2D eigenvalue weighted by molar-refractivity contribution is 0.406. The number of nitrogens with zero attached hydrogens (tertiary/aromatic N) is 2. The number of aromatic nitrogens is 2. The molecule has 2 aromatic rings. The molecular weight excluding hydrogens is 270 g/mol. The minimum Gasteiger partial charge on any atom is -0.496 e. The van der Waals surface area contributed by atoms with E-state index in [1.807, 2.05) is 27.0 Å². The largest absolute Gasteiger partial charge is 0.496 e. The highest BCUT2D eigenvalue weighted by Gasteiger charge is 2.14. The number of hydrogen-bond acceptors (Lipinski definition) is 5. The van der Waals surface area contributed by atoms with Crippen molar-refractivity contribution in [1.29, 1.82) is 0 Å². The van der Waals surface area contributed by atoms with Crippen LogP contribution in [0.4, 0.5) is 0 Å². The summed E-state index contributed by atoms with van der Waals surface area (Å²) in [6.45, 7) is 6.04. The van der Waals surface area contributed by atoms with Gasteiger partial charge >= 0.3 is 0 Å². The second-order valence-electron chi connectivity index (χ2n) is 5.10. The molecule has 20 heavy (non-hydrogen) atoms. The predicted octanol–water partition coefficient (Wildman–Crippen LogP) is 2.58. The monoisotopic (exact) mass is 291 g/mol. The van der Waals surface area contributed by atoms with Crippen LogP contribution < -0.4 is 10.5 Å². The third-order valence-corrected chi connectivity index (χ3v) is 4.30. The van der Waals surface area contributed by atoms with Gasteiger partial charge in [-0.2, -0.15) is 0 Å². The molecule has 0 spiro atoms. The summed E-state index contributed by atoms with van der Waals surface area (Å²) in [5.74, 6) is 0.910. The highest BCUT2D eigenvalue weighted by molar-refractivity contribution is 7.09. The number of methoxy groups -OCH3 is 1. The van der Waals surface area contributed by atoms with E-state index in [0.29, 0.717) is 0 Å². The van der Waals surface area contributed by atoms with E-state index >= 15 is 0 Å². The van der Waals surface area contributed by atoms with Crippen molar-refractivity contribution in [3.8, 4) is 5.75 Å². The van der Waals surface area contributed by atoms with Crippen LogP contribution in [0.3, 0.4) is 0 Å². The Kier molecular flexibility index (Phi) is 4.73. The predicted molar refractivity (Wildman–Crippen MR) is 82.5 cm³/mol. The van der Waals surface area contributed by atoms with Crippen LogP contribution in [0.2, 0.25) is 0 Å². The van der Waals surface area contributed by atoms with E-state index in [0.717, 1.165) is 46.1 Å². The molecule has 0 amide bonds. The third kappa shape index (κ3) is 3.35. The van der Waals surface area contributed by atoms with Crippen LogP contribution >= 0.6 is 11.3 Å². The topological polar surface area (TPSA) is 61.0 Å². The Morgan fingerprint density at radius 3 is 2.65 bits per heavy atom. The number of pyridine rings is 1. The summed E-state index contributed by atoms with van der Waals surface area (Å²) in [5.41, 5.74) is 10.4. The van der Waals surface area contributed by atoms with Gasteiger partial charge in [-0.25, -0.2) is 4.98 Å². The average Bonchev–Trinajstić information content (AvgIpc) is 2.79. The summed E-state index contributed by atoms with van der Waals surface area (Å²) < 4.78 is 5.43. The lowest BCUT2D eigenvalue weighted by Crippen LogP contribution is -2.26. The maximum absolute atomic E-state index is 6.23. The van der Waals surface area contributed by atoms with Crippen molar-refractivity contribution < 1.29 is 4.74 Å². The molecule has 4 nitrogen and oxygen atoms in total. The van der Waals surface area contributed by atoms with Gasteiger partial charge < -0.3 is 10.5 Å². The Balaban J connectivity index is 2.09. The molecule has 2 rings (SSSR count). The van der Waals surface area contributed by atoms with Gasteiger partial charge in [0.2, 0.25) is 0 Å². The van der Waals surface area contributed by atoms with Crippen molar-refractivity contribution in [1.82, 2.24) is 9.97 Å². The number of hydrogen-bond donors (Lipinski definition) is 1. The molecule has 108 valence electrons. The molecule has 0 aromatic carbocycles. The molecule has 0 aliphatic rings. The highest BCUT2D eigenvalue weighted by atomic mass is 32.1. The Hall–Kier alpha value is -1.46. The molecule has 0 radical (unpaired) electrons. The van der Waals surface area contributed by atoms with Gasteiger partial charge in [0.25, 0.3) is 0 Å². The van der Waals surface area contributed by atoms with Crippen LogP contribution in [0, 0.1) is 20.8 Å². The lowest BCUT2D eigenvalue weighted by Gasteiger charge is -2.15. The Morgan fingerprint density at radius 2 is 2.05 bits per heavy atom. The summed E-state index contributed by atoms with van der Waals surface area (Å²) in [5, 5.41) is 3.15. The van der Waals surface area contributed by atoms with Crippen LogP contribution in [0.5, 0.6) is 5.75 Å². The first-order valence-electron chi connectivity index (χ1n) is 6.67. The van der Waals surface area contributed by atoms with Crippen LogP contribution in [-0.4, -0.2) is 23.1 Å². The molecular formula is C15H21N3OS. The summed E-state index contributed by atoms with van der Waals surface area (Å²) in [6.07, 6.45) is 3.37. The molecule has 0 saturated heterocycles. The van der Waals surface area contributed by atoms with Gasteiger partial charge in [0.05, 0.1) is 12.1 Å². The first-order valence-corrected chi connectivity index (χ1v) is 7.55. The van der Waals surface area contributed by atoms with Crippen molar-refractivity contribution >= 4 is 11.3 Å². The van der Waals surface area contributed by atoms with E-state index in [4.69, 9.17) is 10.5 Å². The minimum absolute atomic E-state index is 0.0270. The van der Waals surface area contributed by atoms with E-state index in [1.54, 1.807) is 18.4 Å². The van der Waals surface area contributed by atoms with Crippen LogP contribution in [-0.2, 0) is 12.8 Å². The highest BCUT2D eigenvalue weighted by Crippen LogP contribution is 2.25. The van der Waals surface area contributed by atoms with E-state index in [1.165, 1.54) is 0 Å². The number of rotatable bonds is 5. The van der Waals surface area contributed by atoms with Crippen molar-refractivity contribution in [3.05, 3.63) is 39.1 Å². The van der Waals surface area contributed by atoms with Gasteiger partial charge in [-0.05, 0) is 20.8 Å². The molecule has 2 aromatic heterocycles. The Morgan fingerprint density at radius 1 is 1.30 bits per heavy atom. The Labute approximate surface area is 124 Å². The standard InChI is InChI=1S/C15H21N3OS/c1-9-7-17-13(11(3)15(9)19-4)5-12(16)6-14-18-10(2)8-20-14/h7-8,12H,5-6,16H2,1-4H3. The summed E-state index contributed by atoms with van der Waals surface area (Å²) >= 11 is 1.67. The fraction of sp³-hybridized carbons (Fsp3) is 0.467. The molecule has 0 fully saturated rings. The number of nitrogens with two attached hydrogens (primary N) is 1. The van der Waals surface area contributed by atoms with Crippen LogP contribution in [0.15, 0.2) is 11.6 Å². The van der Waals surface area contributed by atoms with Crippen LogP contribution in [0.25, 0.3) is 0 Å². The smallest absolute Gasteiger partial charge is 0.128 e. The molecule has 0 aliphatic heterocycles. The second kappa shape index (κ2) is 6.33. The molecule has 5 heteroatoms. The zero-order valence-electron chi connectivity index (χ0n) is 12.4. The summed E-state index contributed by atoms with van der Waals surface area (Å²) in [6, 6.07) is 0.0270. The molecule has 1 unspecified atom stereocenters. The van der Waals surface area contributed by atoms with Crippen molar-refractivity contribution in [2.24, 2.45) is 5.73 Å².